The van der Waals surface area contributed by atoms with Gasteiger partial charge in [-0.15, -0.1) is 0 Å². The van der Waals surface area contributed by atoms with Crippen LogP contribution in [0.5, 0.6) is 11.5 Å². The summed E-state index contributed by atoms with van der Waals surface area (Å²) in [7, 11) is 0. The van der Waals surface area contributed by atoms with Crippen molar-refractivity contribution in [1.29, 1.82) is 0 Å². The maximum absolute atomic E-state index is 12.8. The minimum Gasteiger partial charge on any atom is -0.454 e. The molecule has 1 aliphatic heterocycles. The number of benzene rings is 1. The molecule has 27 heavy (non-hydrogen) atoms. The Morgan fingerprint density at radius 3 is 2.67 bits per heavy atom. The van der Waals surface area contributed by atoms with Crippen molar-refractivity contribution >= 4 is 29.3 Å². The highest BCUT2D eigenvalue weighted by Crippen LogP contribution is 2.34. The second-order valence-corrected chi connectivity index (χ2v) is 8.34. The molecule has 1 aromatic carbocycles. The van der Waals surface area contributed by atoms with E-state index in [1.54, 1.807) is 30.0 Å². The van der Waals surface area contributed by atoms with Crippen LogP contribution in [0.1, 0.15) is 39.0 Å². The van der Waals surface area contributed by atoms with E-state index in [9.17, 15) is 9.59 Å². The topological polar surface area (TPSA) is 76.7 Å². The van der Waals surface area contributed by atoms with Crippen LogP contribution in [0, 0.1) is 11.8 Å². The van der Waals surface area contributed by atoms with Crippen molar-refractivity contribution in [3.63, 3.8) is 0 Å². The SMILES string of the molecule is CSCC[C@H](NC(=O)C1CCC(C)CC1)C(=O)Nc1ccc2c(c1)OCO2. The van der Waals surface area contributed by atoms with E-state index in [-0.39, 0.29) is 24.5 Å². The van der Waals surface area contributed by atoms with E-state index in [0.717, 1.165) is 31.4 Å². The molecule has 2 N–H and O–H groups in total. The number of hydrogen-bond acceptors (Lipinski definition) is 5. The molecule has 1 saturated carbocycles. The second-order valence-electron chi connectivity index (χ2n) is 7.36. The van der Waals surface area contributed by atoms with Crippen LogP contribution >= 0.6 is 11.8 Å². The summed E-state index contributed by atoms with van der Waals surface area (Å²) in [4.78, 5) is 25.4. The van der Waals surface area contributed by atoms with Gasteiger partial charge in [-0.2, -0.15) is 11.8 Å². The van der Waals surface area contributed by atoms with Gasteiger partial charge in [0.25, 0.3) is 0 Å². The second kappa shape index (κ2) is 9.35. The molecule has 0 radical (unpaired) electrons. The van der Waals surface area contributed by atoms with Crippen LogP contribution in [0.15, 0.2) is 18.2 Å². The number of thioether (sulfide) groups is 1. The molecule has 1 aliphatic carbocycles. The predicted octanol–water partition coefficient (Wildman–Crippen LogP) is 3.42. The molecule has 2 aliphatic rings. The molecular weight excluding hydrogens is 364 g/mol. The zero-order chi connectivity index (χ0) is 19.2. The predicted molar refractivity (Wildman–Crippen MR) is 107 cm³/mol. The van der Waals surface area contributed by atoms with E-state index in [1.165, 1.54) is 0 Å². The van der Waals surface area contributed by atoms with Gasteiger partial charge in [0.2, 0.25) is 18.6 Å². The van der Waals surface area contributed by atoms with Crippen molar-refractivity contribution in [2.24, 2.45) is 11.8 Å². The highest BCUT2D eigenvalue weighted by atomic mass is 32.2. The van der Waals surface area contributed by atoms with Crippen molar-refractivity contribution in [3.05, 3.63) is 18.2 Å². The first-order valence-corrected chi connectivity index (χ1v) is 11.0. The smallest absolute Gasteiger partial charge is 0.246 e. The zero-order valence-electron chi connectivity index (χ0n) is 16.0. The standard InChI is InChI=1S/C20H28N2O4S/c1-13-3-5-14(6-4-13)19(23)22-16(9-10-27-2)20(24)21-15-7-8-17-18(11-15)26-12-25-17/h7-8,11,13-14,16H,3-6,9-10,12H2,1-2H3,(H,21,24)(H,22,23)/t13?,14?,16-/m0/s1. The number of amides is 2. The summed E-state index contributed by atoms with van der Waals surface area (Å²) in [6.45, 7) is 2.42. The number of nitrogens with one attached hydrogen (secondary N) is 2. The summed E-state index contributed by atoms with van der Waals surface area (Å²) < 4.78 is 10.6. The third-order valence-corrected chi connectivity index (χ3v) is 5.91. The molecule has 0 saturated heterocycles. The molecule has 7 heteroatoms. The molecule has 1 atom stereocenters. The lowest BCUT2D eigenvalue weighted by Crippen LogP contribution is -2.46. The zero-order valence-corrected chi connectivity index (χ0v) is 16.8. The fourth-order valence-electron chi connectivity index (χ4n) is 3.52. The monoisotopic (exact) mass is 392 g/mol. The van der Waals surface area contributed by atoms with E-state index in [0.29, 0.717) is 29.5 Å². The van der Waals surface area contributed by atoms with E-state index < -0.39 is 6.04 Å². The van der Waals surface area contributed by atoms with Crippen molar-refractivity contribution < 1.29 is 19.1 Å². The Balaban J connectivity index is 1.60. The van der Waals surface area contributed by atoms with Crippen molar-refractivity contribution in [2.45, 2.75) is 45.1 Å². The fourth-order valence-corrected chi connectivity index (χ4v) is 3.99. The summed E-state index contributed by atoms with van der Waals surface area (Å²) in [6.07, 6.45) is 6.58. The van der Waals surface area contributed by atoms with Crippen molar-refractivity contribution in [3.8, 4) is 11.5 Å². The Labute approximate surface area is 164 Å². The van der Waals surface area contributed by atoms with Crippen LogP contribution in [-0.4, -0.2) is 36.7 Å². The van der Waals surface area contributed by atoms with Crippen LogP contribution in [0.25, 0.3) is 0 Å². The molecule has 148 valence electrons. The number of rotatable bonds is 7. The number of anilines is 1. The van der Waals surface area contributed by atoms with Crippen molar-refractivity contribution in [2.75, 3.05) is 24.1 Å². The van der Waals surface area contributed by atoms with Crippen LogP contribution in [-0.2, 0) is 9.59 Å². The summed E-state index contributed by atoms with van der Waals surface area (Å²) >= 11 is 1.67. The van der Waals surface area contributed by atoms with Crippen LogP contribution < -0.4 is 20.1 Å². The average molecular weight is 393 g/mol. The number of carbonyl (C=O) groups is 2. The maximum atomic E-state index is 12.8. The number of carbonyl (C=O) groups excluding carboxylic acids is 2. The van der Waals surface area contributed by atoms with Crippen LogP contribution in [0.2, 0.25) is 0 Å². The number of ether oxygens (including phenoxy) is 2. The molecule has 1 fully saturated rings. The molecule has 1 heterocycles. The molecule has 1 aromatic rings. The highest BCUT2D eigenvalue weighted by molar-refractivity contribution is 7.98. The van der Waals surface area contributed by atoms with Gasteiger partial charge in [0.15, 0.2) is 11.5 Å². The van der Waals surface area contributed by atoms with Gasteiger partial charge in [0, 0.05) is 17.7 Å². The van der Waals surface area contributed by atoms with E-state index >= 15 is 0 Å². The minimum absolute atomic E-state index is 0.00818. The summed E-state index contributed by atoms with van der Waals surface area (Å²) in [5.41, 5.74) is 0.638. The molecule has 6 nitrogen and oxygen atoms in total. The maximum Gasteiger partial charge on any atom is 0.246 e. The molecule has 0 unspecified atom stereocenters. The molecule has 2 amide bonds. The third-order valence-electron chi connectivity index (χ3n) is 5.27. The van der Waals surface area contributed by atoms with Gasteiger partial charge in [-0.1, -0.05) is 6.92 Å². The third kappa shape index (κ3) is 5.31. The van der Waals surface area contributed by atoms with Gasteiger partial charge in [0.05, 0.1) is 0 Å². The largest absolute Gasteiger partial charge is 0.454 e. The van der Waals surface area contributed by atoms with Gasteiger partial charge in [-0.3, -0.25) is 9.59 Å². The van der Waals surface area contributed by atoms with Gasteiger partial charge in [-0.05, 0) is 62.2 Å². The summed E-state index contributed by atoms with van der Waals surface area (Å²) in [5.74, 6) is 2.63. The fraction of sp³-hybridized carbons (Fsp3) is 0.600. The lowest BCUT2D eigenvalue weighted by molar-refractivity contribution is -0.130. The first-order valence-electron chi connectivity index (χ1n) is 9.56. The number of hydrogen-bond donors (Lipinski definition) is 2. The lowest BCUT2D eigenvalue weighted by atomic mass is 9.82. The van der Waals surface area contributed by atoms with E-state index in [2.05, 4.69) is 17.6 Å². The quantitative estimate of drug-likeness (QED) is 0.744. The Morgan fingerprint density at radius 2 is 1.93 bits per heavy atom. The van der Waals surface area contributed by atoms with Crippen LogP contribution in [0.4, 0.5) is 5.69 Å². The van der Waals surface area contributed by atoms with E-state index in [4.69, 9.17) is 9.47 Å². The normalized spacial score (nSPS) is 22.1. The first-order chi connectivity index (χ1) is 13.1. The Kier molecular flexibility index (Phi) is 6.88. The summed E-state index contributed by atoms with van der Waals surface area (Å²) in [5, 5.41) is 5.89. The van der Waals surface area contributed by atoms with Crippen LogP contribution in [0.3, 0.4) is 0 Å². The Hall–Kier alpha value is -1.89. The van der Waals surface area contributed by atoms with Gasteiger partial charge in [-0.25, -0.2) is 0 Å². The molecule has 0 spiro atoms. The average Bonchev–Trinajstić information content (AvgIpc) is 3.13. The highest BCUT2D eigenvalue weighted by Gasteiger charge is 2.28. The molecule has 0 aromatic heterocycles. The Bertz CT molecular complexity index is 674. The summed E-state index contributed by atoms with van der Waals surface area (Å²) in [6, 6.07) is 4.77. The first kappa shape index (κ1) is 19.9. The lowest BCUT2D eigenvalue weighted by Gasteiger charge is -2.27. The van der Waals surface area contributed by atoms with Crippen molar-refractivity contribution in [1.82, 2.24) is 5.32 Å². The molecule has 0 bridgehead atoms. The number of fused-ring (bicyclic) bond motifs is 1. The van der Waals surface area contributed by atoms with Gasteiger partial charge in [0.1, 0.15) is 6.04 Å². The van der Waals surface area contributed by atoms with E-state index in [1.807, 2.05) is 6.26 Å². The van der Waals surface area contributed by atoms with Gasteiger partial charge < -0.3 is 20.1 Å². The molecule has 3 rings (SSSR count). The molecular formula is C20H28N2O4S. The van der Waals surface area contributed by atoms with Gasteiger partial charge >= 0.3 is 0 Å². The minimum atomic E-state index is -0.533. The Morgan fingerprint density at radius 1 is 1.19 bits per heavy atom.